The highest BCUT2D eigenvalue weighted by Gasteiger charge is 2.16. The van der Waals surface area contributed by atoms with Crippen LogP contribution in [0.1, 0.15) is 6.92 Å². The molecule has 9 heteroatoms. The number of carbonyl (C=O) groups excluding carboxylic acids is 1. The molecule has 1 fully saturated rings. The van der Waals surface area contributed by atoms with Gasteiger partial charge in [0.25, 0.3) is 0 Å². The number of rotatable bonds is 5. The lowest BCUT2D eigenvalue weighted by molar-refractivity contribution is -0.119. The number of aromatic nitrogens is 3. The minimum Gasteiger partial charge on any atom is -0.378 e. The van der Waals surface area contributed by atoms with Crippen LogP contribution in [0.5, 0.6) is 0 Å². The molecule has 0 bridgehead atoms. The summed E-state index contributed by atoms with van der Waals surface area (Å²) >= 11 is 0. The Morgan fingerprint density at radius 3 is 2.80 bits per heavy atom. The summed E-state index contributed by atoms with van der Waals surface area (Å²) in [5.41, 5.74) is 5.67. The number of nitrogens with two attached hydrogens (primary N) is 1. The highest BCUT2D eigenvalue weighted by atomic mass is 16.5. The predicted octanol–water partition coefficient (Wildman–Crippen LogP) is -1.16. The number of morpholine rings is 1. The van der Waals surface area contributed by atoms with Crippen LogP contribution in [-0.4, -0.2) is 60.3 Å². The van der Waals surface area contributed by atoms with Crippen molar-refractivity contribution < 1.29 is 9.53 Å². The molecule has 0 aromatic carbocycles. The molecule has 0 radical (unpaired) electrons. The monoisotopic (exact) mass is 281 g/mol. The van der Waals surface area contributed by atoms with Crippen molar-refractivity contribution in [2.45, 2.75) is 6.92 Å². The number of anilines is 3. The number of hydrogen-bond donors (Lipinski definition) is 3. The van der Waals surface area contributed by atoms with Crippen molar-refractivity contribution >= 4 is 23.8 Å². The van der Waals surface area contributed by atoms with Crippen molar-refractivity contribution in [3.63, 3.8) is 0 Å². The standard InChI is InChI=1S/C11H19N7O2/c1-2-13-8(19)7-14-10-15-9(12)16-11(17-10)18-3-5-20-6-4-18/h2-7H2,1H3,(H,13,19)(H3,12,14,15,16,17). The number of nitrogens with zero attached hydrogens (tertiary/aromatic N) is 4. The molecule has 0 atom stereocenters. The summed E-state index contributed by atoms with van der Waals surface area (Å²) in [4.78, 5) is 25.7. The minimum absolute atomic E-state index is 0.0971. The zero-order chi connectivity index (χ0) is 14.4. The van der Waals surface area contributed by atoms with E-state index in [9.17, 15) is 4.79 Å². The number of ether oxygens (including phenoxy) is 1. The van der Waals surface area contributed by atoms with E-state index in [1.165, 1.54) is 0 Å². The minimum atomic E-state index is -0.126. The van der Waals surface area contributed by atoms with Crippen LogP contribution in [0, 0.1) is 0 Å². The Labute approximate surface area is 116 Å². The summed E-state index contributed by atoms with van der Waals surface area (Å²) in [6, 6.07) is 0. The molecule has 110 valence electrons. The van der Waals surface area contributed by atoms with Crippen LogP contribution in [0.15, 0.2) is 0 Å². The third-order valence-corrected chi connectivity index (χ3v) is 2.72. The van der Waals surface area contributed by atoms with Crippen molar-refractivity contribution in [2.75, 3.05) is 55.3 Å². The Kier molecular flexibility index (Phi) is 4.88. The predicted molar refractivity (Wildman–Crippen MR) is 74.4 cm³/mol. The van der Waals surface area contributed by atoms with Gasteiger partial charge in [-0.25, -0.2) is 0 Å². The summed E-state index contributed by atoms with van der Waals surface area (Å²) < 4.78 is 5.27. The third kappa shape index (κ3) is 3.92. The van der Waals surface area contributed by atoms with Crippen molar-refractivity contribution in [2.24, 2.45) is 0 Å². The first-order valence-electron chi connectivity index (χ1n) is 6.54. The van der Waals surface area contributed by atoms with Crippen LogP contribution in [0.3, 0.4) is 0 Å². The normalized spacial score (nSPS) is 14.9. The highest BCUT2D eigenvalue weighted by molar-refractivity contribution is 5.80. The number of nitrogens with one attached hydrogen (secondary N) is 2. The third-order valence-electron chi connectivity index (χ3n) is 2.72. The van der Waals surface area contributed by atoms with Gasteiger partial charge in [0.15, 0.2) is 0 Å². The lowest BCUT2D eigenvalue weighted by Crippen LogP contribution is -2.37. The lowest BCUT2D eigenvalue weighted by Gasteiger charge is -2.26. The molecular formula is C11H19N7O2. The van der Waals surface area contributed by atoms with E-state index in [0.29, 0.717) is 44.7 Å². The summed E-state index contributed by atoms with van der Waals surface area (Å²) in [6.07, 6.45) is 0. The van der Waals surface area contributed by atoms with Gasteiger partial charge in [-0.2, -0.15) is 15.0 Å². The van der Waals surface area contributed by atoms with Gasteiger partial charge in [0.05, 0.1) is 19.8 Å². The molecule has 9 nitrogen and oxygen atoms in total. The first kappa shape index (κ1) is 14.3. The smallest absolute Gasteiger partial charge is 0.239 e. The topological polar surface area (TPSA) is 118 Å². The molecule has 1 aliphatic rings. The molecule has 20 heavy (non-hydrogen) atoms. The summed E-state index contributed by atoms with van der Waals surface area (Å²) in [5, 5.41) is 5.51. The molecule has 1 aromatic rings. The highest BCUT2D eigenvalue weighted by Crippen LogP contribution is 2.13. The second kappa shape index (κ2) is 6.85. The molecule has 0 unspecified atom stereocenters. The molecular weight excluding hydrogens is 262 g/mol. The van der Waals surface area contributed by atoms with E-state index in [1.54, 1.807) is 0 Å². The van der Waals surface area contributed by atoms with E-state index >= 15 is 0 Å². The maximum atomic E-state index is 11.4. The Morgan fingerprint density at radius 2 is 2.10 bits per heavy atom. The van der Waals surface area contributed by atoms with Crippen molar-refractivity contribution in [1.82, 2.24) is 20.3 Å². The molecule has 1 aromatic heterocycles. The molecule has 0 aliphatic carbocycles. The van der Waals surface area contributed by atoms with Crippen molar-refractivity contribution in [3.8, 4) is 0 Å². The van der Waals surface area contributed by atoms with Gasteiger partial charge < -0.3 is 26.0 Å². The molecule has 2 rings (SSSR count). The summed E-state index contributed by atoms with van der Waals surface area (Å²) in [5.74, 6) is 0.795. The van der Waals surface area contributed by atoms with Gasteiger partial charge in [-0.05, 0) is 6.92 Å². The number of nitrogen functional groups attached to an aromatic ring is 1. The maximum Gasteiger partial charge on any atom is 0.239 e. The first-order valence-corrected chi connectivity index (χ1v) is 6.54. The Hall–Kier alpha value is -2.16. The average molecular weight is 281 g/mol. The van der Waals surface area contributed by atoms with Gasteiger partial charge in [0.2, 0.25) is 23.8 Å². The Morgan fingerprint density at radius 1 is 1.35 bits per heavy atom. The zero-order valence-corrected chi connectivity index (χ0v) is 11.4. The van der Waals surface area contributed by atoms with Crippen molar-refractivity contribution in [1.29, 1.82) is 0 Å². The average Bonchev–Trinajstić information content (AvgIpc) is 2.46. The van der Waals surface area contributed by atoms with Crippen LogP contribution >= 0.6 is 0 Å². The van der Waals surface area contributed by atoms with E-state index in [-0.39, 0.29) is 18.4 Å². The van der Waals surface area contributed by atoms with E-state index in [1.807, 2.05) is 11.8 Å². The molecule has 4 N–H and O–H groups in total. The Bertz CT molecular complexity index is 462. The maximum absolute atomic E-state index is 11.4. The van der Waals surface area contributed by atoms with E-state index < -0.39 is 0 Å². The lowest BCUT2D eigenvalue weighted by atomic mass is 10.4. The molecule has 1 aliphatic heterocycles. The van der Waals surface area contributed by atoms with Crippen molar-refractivity contribution in [3.05, 3.63) is 0 Å². The number of likely N-dealkylation sites (N-methyl/N-ethyl adjacent to an activating group) is 1. The fraction of sp³-hybridized carbons (Fsp3) is 0.636. The number of carbonyl (C=O) groups is 1. The fourth-order valence-electron chi connectivity index (χ4n) is 1.78. The van der Waals surface area contributed by atoms with Gasteiger partial charge in [0.1, 0.15) is 0 Å². The Balaban J connectivity index is 2.02. The molecule has 0 spiro atoms. The van der Waals surface area contributed by atoms with Crippen LogP contribution < -0.4 is 21.3 Å². The van der Waals surface area contributed by atoms with E-state index in [4.69, 9.17) is 10.5 Å². The van der Waals surface area contributed by atoms with Crippen LogP contribution in [-0.2, 0) is 9.53 Å². The molecule has 2 heterocycles. The second-order valence-corrected chi connectivity index (χ2v) is 4.22. The van der Waals surface area contributed by atoms with Crippen LogP contribution in [0.4, 0.5) is 17.8 Å². The van der Waals surface area contributed by atoms with Gasteiger partial charge >= 0.3 is 0 Å². The van der Waals surface area contributed by atoms with Gasteiger partial charge in [-0.1, -0.05) is 0 Å². The number of hydrogen-bond acceptors (Lipinski definition) is 8. The van der Waals surface area contributed by atoms with Crippen LogP contribution in [0.25, 0.3) is 0 Å². The van der Waals surface area contributed by atoms with E-state index in [0.717, 1.165) is 0 Å². The SMILES string of the molecule is CCNC(=O)CNc1nc(N)nc(N2CCOCC2)n1. The summed E-state index contributed by atoms with van der Waals surface area (Å²) in [7, 11) is 0. The zero-order valence-electron chi connectivity index (χ0n) is 11.4. The summed E-state index contributed by atoms with van der Waals surface area (Å²) in [6.45, 7) is 5.22. The first-order chi connectivity index (χ1) is 9.69. The van der Waals surface area contributed by atoms with Gasteiger partial charge in [-0.15, -0.1) is 0 Å². The van der Waals surface area contributed by atoms with Gasteiger partial charge in [0, 0.05) is 19.6 Å². The largest absolute Gasteiger partial charge is 0.378 e. The quantitative estimate of drug-likeness (QED) is 0.618. The van der Waals surface area contributed by atoms with E-state index in [2.05, 4.69) is 25.6 Å². The fourth-order valence-corrected chi connectivity index (χ4v) is 1.78. The van der Waals surface area contributed by atoms with Gasteiger partial charge in [-0.3, -0.25) is 4.79 Å². The van der Waals surface area contributed by atoms with Crippen LogP contribution in [0.2, 0.25) is 0 Å². The second-order valence-electron chi connectivity index (χ2n) is 4.22. The molecule has 1 amide bonds. The number of amides is 1. The molecule has 1 saturated heterocycles. The molecule has 0 saturated carbocycles.